The quantitative estimate of drug-likeness (QED) is 0.906. The number of hydrogen-bond donors (Lipinski definition) is 1. The Bertz CT molecular complexity index is 442. The van der Waals surface area contributed by atoms with Gasteiger partial charge < -0.3 is 10.0 Å². The number of carboxylic acids is 1. The van der Waals surface area contributed by atoms with E-state index in [9.17, 15) is 4.79 Å². The highest BCUT2D eigenvalue weighted by Crippen LogP contribution is 2.32. The van der Waals surface area contributed by atoms with Crippen molar-refractivity contribution in [2.45, 2.75) is 45.6 Å². The Balaban J connectivity index is 2.09. The lowest BCUT2D eigenvalue weighted by atomic mass is 9.85. The van der Waals surface area contributed by atoms with Crippen molar-refractivity contribution < 1.29 is 9.90 Å². The largest absolute Gasteiger partial charge is 0.481 e. The van der Waals surface area contributed by atoms with Gasteiger partial charge in [0.25, 0.3) is 0 Å². The summed E-state index contributed by atoms with van der Waals surface area (Å²) in [4.78, 5) is 13.3. The van der Waals surface area contributed by atoms with Crippen LogP contribution in [0.1, 0.15) is 36.8 Å². The fraction of sp³-hybridized carbons (Fsp3) is 0.562. The lowest BCUT2D eigenvalue weighted by Gasteiger charge is -2.36. The topological polar surface area (TPSA) is 40.5 Å². The summed E-state index contributed by atoms with van der Waals surface area (Å²) in [5.74, 6) is -0.768. The molecule has 0 atom stereocenters. The Morgan fingerprint density at radius 3 is 2.16 bits per heavy atom. The van der Waals surface area contributed by atoms with Crippen LogP contribution in [0.25, 0.3) is 0 Å². The molecule has 1 saturated carbocycles. The number of nitrogens with zero attached hydrogens (tertiary/aromatic N) is 1. The number of hydrogen-bond acceptors (Lipinski definition) is 2. The van der Waals surface area contributed by atoms with Gasteiger partial charge in [0.05, 0.1) is 5.92 Å². The Hall–Kier alpha value is -1.51. The van der Waals surface area contributed by atoms with Crippen LogP contribution in [0.3, 0.4) is 0 Å². The van der Waals surface area contributed by atoms with Crippen LogP contribution in [0.4, 0.5) is 5.69 Å². The summed E-state index contributed by atoms with van der Waals surface area (Å²) < 4.78 is 0. The number of carboxylic acid groups (broad SMARTS) is 1. The lowest BCUT2D eigenvalue weighted by Crippen LogP contribution is -2.37. The van der Waals surface area contributed by atoms with Crippen molar-refractivity contribution in [3.63, 3.8) is 0 Å². The smallest absolute Gasteiger partial charge is 0.306 e. The van der Waals surface area contributed by atoms with Gasteiger partial charge in [0.1, 0.15) is 0 Å². The van der Waals surface area contributed by atoms with Gasteiger partial charge >= 0.3 is 5.97 Å². The molecule has 1 aromatic rings. The maximum atomic E-state index is 11.0. The van der Waals surface area contributed by atoms with Crippen LogP contribution < -0.4 is 4.90 Å². The first kappa shape index (κ1) is 13.9. The molecule has 19 heavy (non-hydrogen) atoms. The Labute approximate surface area is 115 Å². The minimum absolute atomic E-state index is 0.136. The molecular formula is C16H23NO2. The van der Waals surface area contributed by atoms with E-state index in [2.05, 4.69) is 44.0 Å². The maximum absolute atomic E-state index is 11.0. The molecule has 0 saturated heterocycles. The summed E-state index contributed by atoms with van der Waals surface area (Å²) in [5.41, 5.74) is 3.90. The third kappa shape index (κ3) is 2.91. The molecule has 2 rings (SSSR count). The Morgan fingerprint density at radius 2 is 1.68 bits per heavy atom. The molecule has 0 aromatic heterocycles. The van der Waals surface area contributed by atoms with Gasteiger partial charge in [-0.05, 0) is 50.7 Å². The van der Waals surface area contributed by atoms with Crippen molar-refractivity contribution >= 4 is 11.7 Å². The van der Waals surface area contributed by atoms with Crippen molar-refractivity contribution in [3.05, 3.63) is 29.3 Å². The zero-order valence-electron chi connectivity index (χ0n) is 12.0. The van der Waals surface area contributed by atoms with Gasteiger partial charge in [-0.2, -0.15) is 0 Å². The molecule has 0 heterocycles. The molecule has 0 spiro atoms. The molecule has 1 N–H and O–H groups in total. The van der Waals surface area contributed by atoms with Gasteiger partial charge in [0.15, 0.2) is 0 Å². The molecule has 3 heteroatoms. The molecule has 1 fully saturated rings. The number of aliphatic carboxylic acids is 1. The summed E-state index contributed by atoms with van der Waals surface area (Å²) in [6.45, 7) is 4.28. The van der Waals surface area contributed by atoms with Crippen molar-refractivity contribution in [1.82, 2.24) is 0 Å². The lowest BCUT2D eigenvalue weighted by molar-refractivity contribution is -0.142. The van der Waals surface area contributed by atoms with Gasteiger partial charge in [-0.25, -0.2) is 0 Å². The second-order valence-corrected chi connectivity index (χ2v) is 5.70. The molecule has 3 nitrogen and oxygen atoms in total. The summed E-state index contributed by atoms with van der Waals surface area (Å²) in [6.07, 6.45) is 3.55. The summed E-state index contributed by atoms with van der Waals surface area (Å²) in [7, 11) is 2.14. The molecule has 1 aromatic carbocycles. The number of aryl methyl sites for hydroxylation is 2. The van der Waals surface area contributed by atoms with Crippen molar-refractivity contribution in [1.29, 1.82) is 0 Å². The first-order valence-corrected chi connectivity index (χ1v) is 7.02. The zero-order chi connectivity index (χ0) is 14.0. The minimum atomic E-state index is -0.631. The van der Waals surface area contributed by atoms with Crippen molar-refractivity contribution in [3.8, 4) is 0 Å². The van der Waals surface area contributed by atoms with Gasteiger partial charge in [-0.1, -0.05) is 18.2 Å². The predicted molar refractivity (Wildman–Crippen MR) is 77.7 cm³/mol. The van der Waals surface area contributed by atoms with Crippen molar-refractivity contribution in [2.75, 3.05) is 11.9 Å². The third-order valence-electron chi connectivity index (χ3n) is 4.39. The van der Waals surface area contributed by atoms with E-state index in [-0.39, 0.29) is 5.92 Å². The summed E-state index contributed by atoms with van der Waals surface area (Å²) in [5, 5.41) is 9.05. The minimum Gasteiger partial charge on any atom is -0.481 e. The summed E-state index contributed by atoms with van der Waals surface area (Å²) in [6, 6.07) is 6.84. The highest BCUT2D eigenvalue weighted by molar-refractivity contribution is 5.70. The van der Waals surface area contributed by atoms with Crippen LogP contribution in [0.15, 0.2) is 18.2 Å². The first-order valence-electron chi connectivity index (χ1n) is 7.02. The monoisotopic (exact) mass is 261 g/mol. The van der Waals surface area contributed by atoms with Crippen LogP contribution in [0.2, 0.25) is 0 Å². The zero-order valence-corrected chi connectivity index (χ0v) is 12.0. The van der Waals surface area contributed by atoms with E-state index in [0.717, 1.165) is 25.7 Å². The standard InChI is InChI=1S/C16H23NO2/c1-11-5-4-6-12(2)15(11)17(3)14-9-7-13(8-10-14)16(18)19/h4-6,13-14H,7-10H2,1-3H3,(H,18,19). The second kappa shape index (κ2) is 5.64. The van der Waals surface area contributed by atoms with Gasteiger partial charge in [-0.3, -0.25) is 4.79 Å². The SMILES string of the molecule is Cc1cccc(C)c1N(C)C1CCC(C(=O)O)CC1. The van der Waals surface area contributed by atoms with E-state index in [4.69, 9.17) is 5.11 Å². The predicted octanol–water partition coefficient (Wildman–Crippen LogP) is 3.38. The number of benzene rings is 1. The van der Waals surface area contributed by atoms with E-state index >= 15 is 0 Å². The van der Waals surface area contributed by atoms with Crippen LogP contribution in [0, 0.1) is 19.8 Å². The maximum Gasteiger partial charge on any atom is 0.306 e. The fourth-order valence-corrected chi connectivity index (χ4v) is 3.25. The number of rotatable bonds is 3. The van der Waals surface area contributed by atoms with E-state index in [1.165, 1.54) is 16.8 Å². The molecule has 1 aliphatic carbocycles. The molecule has 0 bridgehead atoms. The molecule has 104 valence electrons. The van der Waals surface area contributed by atoms with Crippen molar-refractivity contribution in [2.24, 2.45) is 5.92 Å². The van der Waals surface area contributed by atoms with Gasteiger partial charge in [0.2, 0.25) is 0 Å². The van der Waals surface area contributed by atoms with E-state index in [1.54, 1.807) is 0 Å². The molecular weight excluding hydrogens is 238 g/mol. The average Bonchev–Trinajstić information content (AvgIpc) is 2.38. The van der Waals surface area contributed by atoms with E-state index in [0.29, 0.717) is 6.04 Å². The van der Waals surface area contributed by atoms with E-state index in [1.807, 2.05) is 0 Å². The van der Waals surface area contributed by atoms with Crippen LogP contribution in [-0.4, -0.2) is 24.2 Å². The number of anilines is 1. The highest BCUT2D eigenvalue weighted by atomic mass is 16.4. The van der Waals surface area contributed by atoms with Gasteiger partial charge in [-0.15, -0.1) is 0 Å². The molecule has 1 aliphatic rings. The fourth-order valence-electron chi connectivity index (χ4n) is 3.25. The normalized spacial score (nSPS) is 23.1. The van der Waals surface area contributed by atoms with Gasteiger partial charge in [0, 0.05) is 18.8 Å². The third-order valence-corrected chi connectivity index (χ3v) is 4.39. The molecule has 0 amide bonds. The van der Waals surface area contributed by atoms with Crippen LogP contribution in [0.5, 0.6) is 0 Å². The number of carbonyl (C=O) groups is 1. The Morgan fingerprint density at radius 1 is 1.16 bits per heavy atom. The number of para-hydroxylation sites is 1. The molecule has 0 radical (unpaired) electrons. The summed E-state index contributed by atoms with van der Waals surface area (Å²) >= 11 is 0. The Kier molecular flexibility index (Phi) is 4.13. The molecule has 0 unspecified atom stereocenters. The first-order chi connectivity index (χ1) is 9.00. The van der Waals surface area contributed by atoms with Crippen LogP contribution >= 0.6 is 0 Å². The highest BCUT2D eigenvalue weighted by Gasteiger charge is 2.28. The van der Waals surface area contributed by atoms with E-state index < -0.39 is 5.97 Å². The van der Waals surface area contributed by atoms with Crippen LogP contribution in [-0.2, 0) is 4.79 Å². The molecule has 0 aliphatic heterocycles. The average molecular weight is 261 g/mol. The second-order valence-electron chi connectivity index (χ2n) is 5.70.